The first-order valence-electron chi connectivity index (χ1n) is 22.7. The number of unbranched alkanes of at least 4 members (excludes halogenated alkanes) is 5. The molecule has 3 aromatic rings. The zero-order valence-corrected chi connectivity index (χ0v) is 37.1. The van der Waals surface area contributed by atoms with E-state index in [0.717, 1.165) is 100 Å². The monoisotopic (exact) mass is 875 g/mol. The number of nitrogens with zero attached hydrogens (tertiary/aromatic N) is 4. The summed E-state index contributed by atoms with van der Waals surface area (Å²) in [6.07, 6.45) is 10.8. The molecule has 0 aromatic heterocycles. The molecule has 3 atom stereocenters. The van der Waals surface area contributed by atoms with Crippen molar-refractivity contribution in [1.82, 2.24) is 20.4 Å². The van der Waals surface area contributed by atoms with Crippen molar-refractivity contribution in [3.05, 3.63) is 87.9 Å². The molecule has 5 amide bonds. The van der Waals surface area contributed by atoms with E-state index in [4.69, 9.17) is 16.3 Å². The molecule has 2 saturated carbocycles. The Hall–Kier alpha value is -5.45. The predicted molar refractivity (Wildman–Crippen MR) is 241 cm³/mol. The molecule has 0 radical (unpaired) electrons. The molecule has 13 nitrogen and oxygen atoms in total. The average molecular weight is 876 g/mol. The predicted octanol–water partition coefficient (Wildman–Crippen LogP) is 7.33. The summed E-state index contributed by atoms with van der Waals surface area (Å²) in [5.41, 5.74) is 3.73. The van der Waals surface area contributed by atoms with Gasteiger partial charge in [0.2, 0.25) is 11.8 Å². The molecule has 4 fully saturated rings. The van der Waals surface area contributed by atoms with Crippen molar-refractivity contribution in [2.24, 2.45) is 10.8 Å². The standard InChI is InChI=1S/C49H58ClN7O6/c1-48-27-35(28-49(48,2)30-38(29-48)63-37-15-11-33(31-51)41(50)26-37)53-44(59)32-9-13-36(14-10-32)56-23-21-55(22-24-56)20-8-6-4-3-5-7-19-52-34-12-16-39-40(25-34)47(62)57(46(39)61)42-17-18-43(58)54-45(42)60/h9-16,25-26,35,38,42,52H,3-8,17-24,27-30H2,1-2H3,(H,53,59)(H,54,58,60). The van der Waals surface area contributed by atoms with Gasteiger partial charge < -0.3 is 20.3 Å². The number of imide groups is 2. The maximum Gasteiger partial charge on any atom is 0.262 e. The number of rotatable bonds is 16. The minimum absolute atomic E-state index is 0.0172. The average Bonchev–Trinajstić information content (AvgIpc) is 3.75. The number of halogens is 1. The van der Waals surface area contributed by atoms with E-state index in [2.05, 4.69) is 57.8 Å². The van der Waals surface area contributed by atoms with Gasteiger partial charge in [-0.05, 0) is 117 Å². The number of fused-ring (bicyclic) bond motifs is 2. The van der Waals surface area contributed by atoms with E-state index in [1.165, 1.54) is 19.3 Å². The number of piperidine rings is 1. The highest BCUT2D eigenvalue weighted by molar-refractivity contribution is 6.31. The molecule has 5 aliphatic rings. The Bertz CT molecular complexity index is 2270. The highest BCUT2D eigenvalue weighted by Gasteiger charge is 2.59. The molecule has 2 saturated heterocycles. The first-order chi connectivity index (χ1) is 30.3. The van der Waals surface area contributed by atoms with Gasteiger partial charge in [-0.2, -0.15) is 5.26 Å². The number of carbonyl (C=O) groups excluding carboxylic acids is 5. The molecule has 3 heterocycles. The van der Waals surface area contributed by atoms with Crippen LogP contribution in [0.4, 0.5) is 11.4 Å². The molecule has 3 aliphatic heterocycles. The Labute approximate surface area is 374 Å². The van der Waals surface area contributed by atoms with Gasteiger partial charge in [0.1, 0.15) is 17.9 Å². The lowest BCUT2D eigenvalue weighted by molar-refractivity contribution is -0.136. The van der Waals surface area contributed by atoms with Crippen molar-refractivity contribution in [1.29, 1.82) is 5.26 Å². The molecule has 332 valence electrons. The zero-order chi connectivity index (χ0) is 44.3. The van der Waals surface area contributed by atoms with Crippen molar-refractivity contribution >= 4 is 52.5 Å². The lowest BCUT2D eigenvalue weighted by atomic mass is 9.71. The van der Waals surface area contributed by atoms with Crippen LogP contribution in [0, 0.1) is 22.2 Å². The van der Waals surface area contributed by atoms with Gasteiger partial charge in [-0.25, -0.2) is 0 Å². The number of anilines is 2. The number of carbonyl (C=O) groups is 5. The van der Waals surface area contributed by atoms with E-state index in [0.29, 0.717) is 21.9 Å². The number of ether oxygens (including phenoxy) is 1. The van der Waals surface area contributed by atoms with Crippen molar-refractivity contribution < 1.29 is 28.7 Å². The van der Waals surface area contributed by atoms with Gasteiger partial charge in [-0.3, -0.25) is 39.1 Å². The van der Waals surface area contributed by atoms with Crippen molar-refractivity contribution in [3.8, 4) is 11.8 Å². The maximum absolute atomic E-state index is 13.4. The van der Waals surface area contributed by atoms with E-state index in [-0.39, 0.29) is 52.9 Å². The number of hydrogen-bond donors (Lipinski definition) is 3. The fraction of sp³-hybridized carbons (Fsp3) is 0.510. The Morgan fingerprint density at radius 2 is 1.52 bits per heavy atom. The number of amides is 5. The highest BCUT2D eigenvalue weighted by Crippen LogP contribution is 2.63. The largest absolute Gasteiger partial charge is 0.490 e. The lowest BCUT2D eigenvalue weighted by Gasteiger charge is -2.36. The van der Waals surface area contributed by atoms with E-state index in [1.54, 1.807) is 30.3 Å². The van der Waals surface area contributed by atoms with Gasteiger partial charge in [-0.1, -0.05) is 51.1 Å². The van der Waals surface area contributed by atoms with E-state index in [1.807, 2.05) is 18.2 Å². The highest BCUT2D eigenvalue weighted by atomic mass is 35.5. The fourth-order valence-corrected chi connectivity index (χ4v) is 10.9. The van der Waals surface area contributed by atoms with Crippen LogP contribution in [0.3, 0.4) is 0 Å². The van der Waals surface area contributed by atoms with Crippen molar-refractivity contribution in [3.63, 3.8) is 0 Å². The molecule has 3 unspecified atom stereocenters. The lowest BCUT2D eigenvalue weighted by Crippen LogP contribution is -2.54. The second-order valence-electron chi connectivity index (χ2n) is 18.7. The molecule has 14 heteroatoms. The van der Waals surface area contributed by atoms with Crippen LogP contribution in [-0.4, -0.2) is 96.8 Å². The summed E-state index contributed by atoms with van der Waals surface area (Å²) in [4.78, 5) is 69.3. The van der Waals surface area contributed by atoms with Gasteiger partial charge in [0.15, 0.2) is 0 Å². The third kappa shape index (κ3) is 9.58. The Balaban J connectivity index is 0.680. The van der Waals surface area contributed by atoms with Gasteiger partial charge in [0.05, 0.1) is 27.8 Å². The van der Waals surface area contributed by atoms with Crippen LogP contribution in [0.1, 0.15) is 128 Å². The van der Waals surface area contributed by atoms with E-state index in [9.17, 15) is 29.2 Å². The summed E-state index contributed by atoms with van der Waals surface area (Å²) in [5, 5.41) is 18.5. The van der Waals surface area contributed by atoms with Crippen LogP contribution in [-0.2, 0) is 9.59 Å². The first-order valence-corrected chi connectivity index (χ1v) is 23.0. The van der Waals surface area contributed by atoms with Gasteiger partial charge >= 0.3 is 0 Å². The normalized spacial score (nSPS) is 25.7. The Kier molecular flexibility index (Phi) is 13.1. The summed E-state index contributed by atoms with van der Waals surface area (Å²) in [6, 6.07) is 19.7. The summed E-state index contributed by atoms with van der Waals surface area (Å²) in [6.45, 7) is 10.5. The van der Waals surface area contributed by atoms with Crippen LogP contribution in [0.25, 0.3) is 0 Å². The Morgan fingerprint density at radius 3 is 2.21 bits per heavy atom. The number of nitriles is 1. The molecule has 2 aliphatic carbocycles. The number of hydrogen-bond acceptors (Lipinski definition) is 10. The van der Waals surface area contributed by atoms with Crippen LogP contribution < -0.4 is 25.6 Å². The Morgan fingerprint density at radius 1 is 0.841 bits per heavy atom. The van der Waals surface area contributed by atoms with Crippen molar-refractivity contribution in [2.75, 3.05) is 49.5 Å². The summed E-state index contributed by atoms with van der Waals surface area (Å²) in [7, 11) is 0. The molecule has 0 bridgehead atoms. The zero-order valence-electron chi connectivity index (χ0n) is 36.3. The SMILES string of the molecule is CC12CC(NC(=O)c3ccc(N4CCN(CCCCCCCCNc5ccc6c(c5)C(=O)N(C5CCC(=O)NC5=O)C6=O)CC4)cc3)CC1(C)CC(Oc1ccc(C#N)c(Cl)c1)C2. The van der Waals surface area contributed by atoms with Crippen LogP contribution >= 0.6 is 11.6 Å². The maximum atomic E-state index is 13.4. The smallest absolute Gasteiger partial charge is 0.262 e. The van der Waals surface area contributed by atoms with Gasteiger partial charge in [-0.15, -0.1) is 0 Å². The second-order valence-corrected chi connectivity index (χ2v) is 19.1. The number of piperazine rings is 1. The molecule has 0 spiro atoms. The third-order valence-corrected chi connectivity index (χ3v) is 14.8. The third-order valence-electron chi connectivity index (χ3n) is 14.4. The van der Waals surface area contributed by atoms with Crippen LogP contribution in [0.2, 0.25) is 5.02 Å². The summed E-state index contributed by atoms with van der Waals surface area (Å²) < 4.78 is 6.34. The second kappa shape index (κ2) is 18.7. The molecule has 3 N–H and O–H groups in total. The first kappa shape index (κ1) is 44.2. The van der Waals surface area contributed by atoms with E-state index < -0.39 is 29.7 Å². The molecule has 8 rings (SSSR count). The molecular formula is C49H58ClN7O6. The molecule has 3 aromatic carbocycles. The summed E-state index contributed by atoms with van der Waals surface area (Å²) >= 11 is 6.25. The van der Waals surface area contributed by atoms with Gasteiger partial charge in [0.25, 0.3) is 17.7 Å². The van der Waals surface area contributed by atoms with E-state index >= 15 is 0 Å². The minimum atomic E-state index is -0.963. The van der Waals surface area contributed by atoms with Crippen LogP contribution in [0.5, 0.6) is 5.75 Å². The topological polar surface area (TPSA) is 164 Å². The minimum Gasteiger partial charge on any atom is -0.490 e. The molecular weight excluding hydrogens is 818 g/mol. The fourth-order valence-electron chi connectivity index (χ4n) is 10.7. The quantitative estimate of drug-likeness (QED) is 0.0981. The number of benzene rings is 3. The van der Waals surface area contributed by atoms with Crippen molar-refractivity contribution in [2.45, 2.75) is 109 Å². The summed E-state index contributed by atoms with van der Waals surface area (Å²) in [5.74, 6) is -1.31. The molecule has 63 heavy (non-hydrogen) atoms. The van der Waals surface area contributed by atoms with Crippen LogP contribution in [0.15, 0.2) is 60.7 Å². The van der Waals surface area contributed by atoms with Gasteiger partial charge in [0, 0.05) is 68.2 Å². The number of nitrogens with one attached hydrogen (secondary N) is 3.